The van der Waals surface area contributed by atoms with Crippen LogP contribution < -0.4 is 5.73 Å². The Balaban J connectivity index is 2.74. The lowest BCUT2D eigenvalue weighted by atomic mass is 9.99. The Hall–Kier alpha value is -1.28. The van der Waals surface area contributed by atoms with Gasteiger partial charge in [-0.2, -0.15) is 0 Å². The Morgan fingerprint density at radius 1 is 1.29 bits per heavy atom. The largest absolute Gasteiger partial charge is 0.459 e. The van der Waals surface area contributed by atoms with Gasteiger partial charge >= 0.3 is 0 Å². The second kappa shape index (κ2) is 3.46. The van der Waals surface area contributed by atoms with Crippen molar-refractivity contribution in [1.82, 2.24) is 0 Å². The fraction of sp³-hybridized carbons (Fsp3) is 0.333. The molecular formula is C12H15NO. The summed E-state index contributed by atoms with van der Waals surface area (Å²) in [6, 6.07) is 8.09. The van der Waals surface area contributed by atoms with Crippen LogP contribution in [-0.4, -0.2) is 0 Å². The van der Waals surface area contributed by atoms with E-state index in [-0.39, 0.29) is 0 Å². The van der Waals surface area contributed by atoms with E-state index in [1.807, 2.05) is 18.2 Å². The number of hydrogen-bond donors (Lipinski definition) is 1. The van der Waals surface area contributed by atoms with Gasteiger partial charge in [-0.15, -0.1) is 0 Å². The van der Waals surface area contributed by atoms with Crippen LogP contribution >= 0.6 is 0 Å². The molecule has 2 aromatic rings. The molecule has 1 aromatic heterocycles. The predicted molar refractivity (Wildman–Crippen MR) is 58.2 cm³/mol. The van der Waals surface area contributed by atoms with E-state index in [2.05, 4.69) is 19.9 Å². The Morgan fingerprint density at radius 2 is 2.00 bits per heavy atom. The van der Waals surface area contributed by atoms with Crippen LogP contribution in [0.4, 0.5) is 0 Å². The number of nitrogens with two attached hydrogens (primary N) is 1. The zero-order valence-corrected chi connectivity index (χ0v) is 8.58. The molecule has 0 saturated heterocycles. The van der Waals surface area contributed by atoms with Crippen LogP contribution in [-0.2, 0) is 6.54 Å². The van der Waals surface area contributed by atoms with Crippen LogP contribution in [0.1, 0.15) is 31.1 Å². The molecule has 0 amide bonds. The first-order valence-electron chi connectivity index (χ1n) is 4.94. The smallest absolute Gasteiger partial charge is 0.134 e. The summed E-state index contributed by atoms with van der Waals surface area (Å²) in [5, 5.41) is 1.20. The predicted octanol–water partition coefficient (Wildman–Crippen LogP) is 3.01. The van der Waals surface area contributed by atoms with Crippen LogP contribution in [0.15, 0.2) is 28.7 Å². The Kier molecular flexibility index (Phi) is 2.30. The van der Waals surface area contributed by atoms with Crippen LogP contribution in [0.3, 0.4) is 0 Å². The highest BCUT2D eigenvalue weighted by Gasteiger charge is 2.14. The lowest BCUT2D eigenvalue weighted by molar-refractivity contribution is 0.541. The van der Waals surface area contributed by atoms with Gasteiger partial charge in [-0.1, -0.05) is 32.0 Å². The van der Waals surface area contributed by atoms with Crippen LogP contribution in [0.5, 0.6) is 0 Å². The molecule has 2 N–H and O–H groups in total. The molecule has 14 heavy (non-hydrogen) atoms. The summed E-state index contributed by atoms with van der Waals surface area (Å²) >= 11 is 0. The maximum absolute atomic E-state index is 5.68. The number of hydrogen-bond acceptors (Lipinski definition) is 2. The van der Waals surface area contributed by atoms with Crippen LogP contribution in [0.25, 0.3) is 11.0 Å². The maximum Gasteiger partial charge on any atom is 0.134 e. The first-order valence-corrected chi connectivity index (χ1v) is 4.94. The Bertz CT molecular complexity index is 443. The minimum atomic E-state index is 0.456. The quantitative estimate of drug-likeness (QED) is 0.788. The number of furan rings is 1. The first kappa shape index (κ1) is 9.28. The molecule has 0 unspecified atom stereocenters. The average molecular weight is 189 g/mol. The molecule has 0 atom stereocenters. The molecule has 0 fully saturated rings. The summed E-state index contributed by atoms with van der Waals surface area (Å²) in [5.74, 6) is 1.37. The minimum Gasteiger partial charge on any atom is -0.459 e. The van der Waals surface area contributed by atoms with Gasteiger partial charge in [-0.25, -0.2) is 0 Å². The SMILES string of the molecule is CC(C)c1c(CN)oc2ccccc12. The van der Waals surface area contributed by atoms with Crippen LogP contribution in [0, 0.1) is 0 Å². The third kappa shape index (κ3) is 1.32. The molecule has 2 heteroatoms. The minimum absolute atomic E-state index is 0.456. The van der Waals surface area contributed by atoms with Crippen molar-refractivity contribution in [2.45, 2.75) is 26.3 Å². The van der Waals surface area contributed by atoms with Crippen molar-refractivity contribution in [2.75, 3.05) is 0 Å². The topological polar surface area (TPSA) is 39.2 Å². The van der Waals surface area contributed by atoms with E-state index in [1.54, 1.807) is 0 Å². The van der Waals surface area contributed by atoms with Crippen molar-refractivity contribution >= 4 is 11.0 Å². The van der Waals surface area contributed by atoms with Gasteiger partial charge in [-0.05, 0) is 12.0 Å². The van der Waals surface area contributed by atoms with E-state index in [0.29, 0.717) is 12.5 Å². The fourth-order valence-electron chi connectivity index (χ4n) is 1.90. The van der Waals surface area contributed by atoms with E-state index >= 15 is 0 Å². The van der Waals surface area contributed by atoms with E-state index in [0.717, 1.165) is 11.3 Å². The summed E-state index contributed by atoms with van der Waals surface area (Å²) in [7, 11) is 0. The number of para-hydroxylation sites is 1. The van der Waals surface area contributed by atoms with Crippen molar-refractivity contribution in [1.29, 1.82) is 0 Å². The van der Waals surface area contributed by atoms with E-state index < -0.39 is 0 Å². The lowest BCUT2D eigenvalue weighted by Crippen LogP contribution is -1.99. The number of rotatable bonds is 2. The second-order valence-corrected chi connectivity index (χ2v) is 3.79. The molecule has 0 aliphatic heterocycles. The molecule has 0 aliphatic rings. The normalized spacial score (nSPS) is 11.4. The lowest BCUT2D eigenvalue weighted by Gasteiger charge is -2.03. The first-order chi connectivity index (χ1) is 6.74. The summed E-state index contributed by atoms with van der Waals surface area (Å²) < 4.78 is 5.68. The number of fused-ring (bicyclic) bond motifs is 1. The summed E-state index contributed by atoms with van der Waals surface area (Å²) in [4.78, 5) is 0. The van der Waals surface area contributed by atoms with Crippen molar-refractivity contribution in [3.63, 3.8) is 0 Å². The van der Waals surface area contributed by atoms with Crippen molar-refractivity contribution in [3.05, 3.63) is 35.6 Å². The van der Waals surface area contributed by atoms with Crippen molar-refractivity contribution in [2.24, 2.45) is 5.73 Å². The van der Waals surface area contributed by atoms with E-state index in [9.17, 15) is 0 Å². The van der Waals surface area contributed by atoms with Gasteiger partial charge in [0.2, 0.25) is 0 Å². The van der Waals surface area contributed by atoms with Gasteiger partial charge in [0.15, 0.2) is 0 Å². The molecule has 0 saturated carbocycles. The molecule has 74 valence electrons. The zero-order valence-electron chi connectivity index (χ0n) is 8.58. The molecule has 0 aliphatic carbocycles. The van der Waals surface area contributed by atoms with Crippen molar-refractivity contribution in [3.8, 4) is 0 Å². The highest BCUT2D eigenvalue weighted by Crippen LogP contribution is 2.31. The van der Waals surface area contributed by atoms with Crippen molar-refractivity contribution < 1.29 is 4.42 Å². The van der Waals surface area contributed by atoms with Gasteiger partial charge in [0, 0.05) is 10.9 Å². The molecular weight excluding hydrogens is 174 g/mol. The molecule has 1 aromatic carbocycles. The Morgan fingerprint density at radius 3 is 2.64 bits per heavy atom. The molecule has 2 nitrogen and oxygen atoms in total. The highest BCUT2D eigenvalue weighted by atomic mass is 16.3. The van der Waals surface area contributed by atoms with Gasteiger partial charge in [0.25, 0.3) is 0 Å². The summed E-state index contributed by atoms with van der Waals surface area (Å²) in [6.45, 7) is 4.80. The standard InChI is InChI=1S/C12H15NO/c1-8(2)12-9-5-3-4-6-10(9)14-11(12)7-13/h3-6,8H,7,13H2,1-2H3. The second-order valence-electron chi connectivity index (χ2n) is 3.79. The molecule has 1 heterocycles. The van der Waals surface area contributed by atoms with Gasteiger partial charge in [0.1, 0.15) is 11.3 Å². The zero-order chi connectivity index (χ0) is 10.1. The third-order valence-electron chi connectivity index (χ3n) is 2.47. The molecule has 0 bridgehead atoms. The summed E-state index contributed by atoms with van der Waals surface area (Å²) in [5.41, 5.74) is 7.85. The molecule has 0 spiro atoms. The van der Waals surface area contributed by atoms with Gasteiger partial charge in [0.05, 0.1) is 6.54 Å². The third-order valence-corrected chi connectivity index (χ3v) is 2.47. The van der Waals surface area contributed by atoms with E-state index in [1.165, 1.54) is 10.9 Å². The molecule has 2 rings (SSSR count). The highest BCUT2D eigenvalue weighted by molar-refractivity contribution is 5.82. The summed E-state index contributed by atoms with van der Waals surface area (Å²) in [6.07, 6.45) is 0. The molecule has 0 radical (unpaired) electrons. The number of benzene rings is 1. The average Bonchev–Trinajstić information content (AvgIpc) is 2.55. The Labute approximate surface area is 83.7 Å². The van der Waals surface area contributed by atoms with E-state index in [4.69, 9.17) is 10.2 Å². The van der Waals surface area contributed by atoms with Gasteiger partial charge < -0.3 is 10.2 Å². The monoisotopic (exact) mass is 189 g/mol. The maximum atomic E-state index is 5.68. The van der Waals surface area contributed by atoms with Gasteiger partial charge in [-0.3, -0.25) is 0 Å². The van der Waals surface area contributed by atoms with Crippen LogP contribution in [0.2, 0.25) is 0 Å². The fourth-order valence-corrected chi connectivity index (χ4v) is 1.90.